The summed E-state index contributed by atoms with van der Waals surface area (Å²) >= 11 is 0. The summed E-state index contributed by atoms with van der Waals surface area (Å²) in [6, 6.07) is 0. The first kappa shape index (κ1) is 26.9. The molecule has 0 saturated carbocycles. The molecular weight excluding hydrogens is 422 g/mol. The van der Waals surface area contributed by atoms with Gasteiger partial charge in [0.15, 0.2) is 0 Å². The van der Waals surface area contributed by atoms with Crippen LogP contribution in [0.5, 0.6) is 0 Å². The molecule has 1 N–H and O–H groups in total. The number of amides is 1. The molecule has 0 aromatic heterocycles. The number of rotatable bonds is 14. The summed E-state index contributed by atoms with van der Waals surface area (Å²) in [7, 11) is 0. The molecule has 0 heterocycles. The van der Waals surface area contributed by atoms with Crippen LogP contribution in [0.3, 0.4) is 0 Å². The molecule has 6 heteroatoms. The van der Waals surface area contributed by atoms with Gasteiger partial charge in [-0.2, -0.15) is 0 Å². The average molecular weight is 463 g/mol. The largest absolute Gasteiger partial charge is 0.491 e. The summed E-state index contributed by atoms with van der Waals surface area (Å²) in [5, 5.41) is 2.77. The third kappa shape index (κ3) is 9.56. The van der Waals surface area contributed by atoms with Gasteiger partial charge in [-0.3, -0.25) is 4.79 Å². The van der Waals surface area contributed by atoms with E-state index in [0.717, 1.165) is 50.8 Å². The van der Waals surface area contributed by atoms with Crippen molar-refractivity contribution in [1.29, 1.82) is 0 Å². The highest BCUT2D eigenvalue weighted by Gasteiger charge is 2.20. The summed E-state index contributed by atoms with van der Waals surface area (Å²) in [6.45, 7) is 7.72. The van der Waals surface area contributed by atoms with E-state index in [1.165, 1.54) is 12.6 Å². The minimum Gasteiger partial charge on any atom is -0.491 e. The van der Waals surface area contributed by atoms with Crippen molar-refractivity contribution in [3.05, 3.63) is 59.3 Å². The maximum atomic E-state index is 14.7. The Kier molecular flexibility index (Phi) is 12.0. The number of alkyl halides is 1. The minimum atomic E-state index is -0.495. The lowest BCUT2D eigenvalue weighted by atomic mass is 9.87. The Labute approximate surface area is 198 Å². The molecule has 2 atom stereocenters. The van der Waals surface area contributed by atoms with Crippen LogP contribution in [-0.2, 0) is 9.53 Å². The van der Waals surface area contributed by atoms with Crippen molar-refractivity contribution in [3.63, 3.8) is 0 Å². The lowest BCUT2D eigenvalue weighted by Crippen LogP contribution is -2.27. The third-order valence-electron chi connectivity index (χ3n) is 6.09. The Morgan fingerprint density at radius 1 is 1.27 bits per heavy atom. The monoisotopic (exact) mass is 462 g/mol. The highest BCUT2D eigenvalue weighted by Crippen LogP contribution is 2.31. The SMILES string of the molecule is CCCCN(CCCC(C)C1=C(F)CC(CNC(C)=O)C=C1)C1=CC=C(OCCF)C=CC1. The summed E-state index contributed by atoms with van der Waals surface area (Å²) in [5.74, 6) is 0.731. The van der Waals surface area contributed by atoms with E-state index in [1.807, 2.05) is 24.3 Å². The second kappa shape index (κ2) is 14.7. The topological polar surface area (TPSA) is 41.6 Å². The fourth-order valence-electron chi connectivity index (χ4n) is 4.17. The first-order valence-corrected chi connectivity index (χ1v) is 12.3. The number of nitrogens with zero attached hydrogens (tertiary/aromatic N) is 1. The fraction of sp³-hybridized carbons (Fsp3) is 0.593. The summed E-state index contributed by atoms with van der Waals surface area (Å²) < 4.78 is 32.5. The van der Waals surface area contributed by atoms with Gasteiger partial charge in [0, 0.05) is 51.0 Å². The lowest BCUT2D eigenvalue weighted by molar-refractivity contribution is -0.119. The van der Waals surface area contributed by atoms with Gasteiger partial charge in [0.05, 0.1) is 0 Å². The van der Waals surface area contributed by atoms with Gasteiger partial charge in [-0.25, -0.2) is 8.78 Å². The molecule has 0 bridgehead atoms. The van der Waals surface area contributed by atoms with E-state index in [9.17, 15) is 13.6 Å². The second-order valence-electron chi connectivity index (χ2n) is 8.88. The smallest absolute Gasteiger partial charge is 0.216 e. The third-order valence-corrected chi connectivity index (χ3v) is 6.09. The van der Waals surface area contributed by atoms with Crippen LogP contribution in [0.15, 0.2) is 59.3 Å². The summed E-state index contributed by atoms with van der Waals surface area (Å²) in [6.07, 6.45) is 17.2. The van der Waals surface area contributed by atoms with E-state index in [1.54, 1.807) is 0 Å². The number of halogens is 2. The van der Waals surface area contributed by atoms with Crippen molar-refractivity contribution in [2.24, 2.45) is 11.8 Å². The number of hydrogen-bond acceptors (Lipinski definition) is 3. The number of hydrogen-bond donors (Lipinski definition) is 1. The second-order valence-corrected chi connectivity index (χ2v) is 8.88. The van der Waals surface area contributed by atoms with Crippen LogP contribution in [-0.4, -0.2) is 43.7 Å². The molecule has 2 aliphatic carbocycles. The molecule has 184 valence electrons. The van der Waals surface area contributed by atoms with Gasteiger partial charge < -0.3 is 15.0 Å². The first-order valence-electron chi connectivity index (χ1n) is 12.3. The van der Waals surface area contributed by atoms with Crippen molar-refractivity contribution in [2.45, 2.75) is 59.3 Å². The van der Waals surface area contributed by atoms with Crippen LogP contribution < -0.4 is 5.32 Å². The van der Waals surface area contributed by atoms with Crippen LogP contribution in [0.4, 0.5) is 8.78 Å². The van der Waals surface area contributed by atoms with E-state index in [4.69, 9.17) is 4.74 Å². The van der Waals surface area contributed by atoms with E-state index in [2.05, 4.69) is 36.2 Å². The molecule has 0 spiro atoms. The summed E-state index contributed by atoms with van der Waals surface area (Å²) in [4.78, 5) is 13.5. The summed E-state index contributed by atoms with van der Waals surface area (Å²) in [5.41, 5.74) is 2.03. The molecule has 2 aliphatic rings. The van der Waals surface area contributed by atoms with E-state index >= 15 is 0 Å². The Balaban J connectivity index is 1.91. The van der Waals surface area contributed by atoms with Crippen LogP contribution in [0.2, 0.25) is 0 Å². The molecular formula is C27H40F2N2O2. The quantitative estimate of drug-likeness (QED) is 0.336. The van der Waals surface area contributed by atoms with Crippen molar-refractivity contribution < 1.29 is 18.3 Å². The maximum Gasteiger partial charge on any atom is 0.216 e. The standard InChI is InChI=1S/C27H40F2N2O2/c1-4-5-16-31(24-9-6-10-25(13-12-24)33-18-15-28)17-7-8-21(2)26-14-11-23(19-27(26)29)20-30-22(3)32/h6,10-14,21,23H,4-5,7-9,15-20H2,1-3H3,(H,30,32). The van der Waals surface area contributed by atoms with Gasteiger partial charge in [0.25, 0.3) is 0 Å². The van der Waals surface area contributed by atoms with Crippen LogP contribution in [0, 0.1) is 11.8 Å². The van der Waals surface area contributed by atoms with Crippen molar-refractivity contribution in [2.75, 3.05) is 32.9 Å². The van der Waals surface area contributed by atoms with Gasteiger partial charge in [-0.05, 0) is 49.0 Å². The normalized spacial score (nSPS) is 19.0. The highest BCUT2D eigenvalue weighted by atomic mass is 19.1. The molecule has 4 nitrogen and oxygen atoms in total. The number of ether oxygens (including phenoxy) is 1. The van der Waals surface area contributed by atoms with Crippen molar-refractivity contribution >= 4 is 5.91 Å². The van der Waals surface area contributed by atoms with Crippen LogP contribution in [0.25, 0.3) is 0 Å². The molecule has 33 heavy (non-hydrogen) atoms. The molecule has 0 aliphatic heterocycles. The number of unbranched alkanes of at least 4 members (excludes halogenated alkanes) is 1. The highest BCUT2D eigenvalue weighted by molar-refractivity contribution is 5.72. The molecule has 0 aromatic rings. The van der Waals surface area contributed by atoms with Gasteiger partial charge in [0.2, 0.25) is 5.91 Å². The van der Waals surface area contributed by atoms with Gasteiger partial charge in [0.1, 0.15) is 24.9 Å². The number of carbonyl (C=O) groups excluding carboxylic acids is 1. The number of allylic oxidation sites excluding steroid dienone is 7. The molecule has 2 rings (SSSR count). The van der Waals surface area contributed by atoms with E-state index in [0.29, 0.717) is 18.7 Å². The van der Waals surface area contributed by atoms with E-state index < -0.39 is 6.67 Å². The molecule has 0 radical (unpaired) electrons. The maximum absolute atomic E-state index is 14.7. The Morgan fingerprint density at radius 2 is 2.06 bits per heavy atom. The molecule has 2 unspecified atom stereocenters. The van der Waals surface area contributed by atoms with Gasteiger partial charge >= 0.3 is 0 Å². The molecule has 1 amide bonds. The molecule has 0 fully saturated rings. The fourth-order valence-corrected chi connectivity index (χ4v) is 4.17. The zero-order chi connectivity index (χ0) is 24.1. The first-order chi connectivity index (χ1) is 15.9. The zero-order valence-corrected chi connectivity index (χ0v) is 20.4. The van der Waals surface area contributed by atoms with Crippen LogP contribution in [0.1, 0.15) is 59.3 Å². The van der Waals surface area contributed by atoms with Gasteiger partial charge in [-0.15, -0.1) is 0 Å². The van der Waals surface area contributed by atoms with Gasteiger partial charge in [-0.1, -0.05) is 38.5 Å². The average Bonchev–Trinajstić information content (AvgIpc) is 3.04. The lowest BCUT2D eigenvalue weighted by Gasteiger charge is -2.28. The van der Waals surface area contributed by atoms with Crippen molar-refractivity contribution in [1.82, 2.24) is 10.2 Å². The Hall–Kier alpha value is -2.37. The Bertz CT molecular complexity index is 783. The van der Waals surface area contributed by atoms with E-state index in [-0.39, 0.29) is 30.2 Å². The predicted octanol–water partition coefficient (Wildman–Crippen LogP) is 6.15. The zero-order valence-electron chi connectivity index (χ0n) is 20.4. The predicted molar refractivity (Wildman–Crippen MR) is 131 cm³/mol. The Morgan fingerprint density at radius 3 is 2.76 bits per heavy atom. The van der Waals surface area contributed by atoms with Crippen LogP contribution >= 0.6 is 0 Å². The number of carbonyl (C=O) groups is 1. The van der Waals surface area contributed by atoms with Crippen molar-refractivity contribution in [3.8, 4) is 0 Å². The minimum absolute atomic E-state index is 0.0245. The molecule has 0 saturated heterocycles. The number of nitrogens with one attached hydrogen (secondary N) is 1. The molecule has 0 aromatic carbocycles.